The number of benzene rings is 3. The molecule has 0 aliphatic heterocycles. The number of halogens is 1. The summed E-state index contributed by atoms with van der Waals surface area (Å²) < 4.78 is 7.18. The van der Waals surface area contributed by atoms with Gasteiger partial charge in [0.1, 0.15) is 11.4 Å². The summed E-state index contributed by atoms with van der Waals surface area (Å²) in [6, 6.07) is 21.0. The van der Waals surface area contributed by atoms with Crippen LogP contribution < -0.4 is 10.1 Å². The van der Waals surface area contributed by atoms with E-state index in [9.17, 15) is 9.59 Å². The second kappa shape index (κ2) is 11.0. The van der Waals surface area contributed by atoms with Crippen molar-refractivity contribution in [2.24, 2.45) is 0 Å². The van der Waals surface area contributed by atoms with Crippen LogP contribution in [0.1, 0.15) is 22.8 Å². The minimum atomic E-state index is -0.318. The van der Waals surface area contributed by atoms with Gasteiger partial charge in [0.15, 0.2) is 5.78 Å². The summed E-state index contributed by atoms with van der Waals surface area (Å²) >= 11 is 7.28. The van der Waals surface area contributed by atoms with Crippen LogP contribution in [-0.2, 0) is 4.79 Å². The average molecular weight is 494 g/mol. The average Bonchev–Trinajstić information content (AvgIpc) is 3.33. The number of amides is 1. The quantitative estimate of drug-likeness (QED) is 0.267. The van der Waals surface area contributed by atoms with E-state index in [0.29, 0.717) is 45.0 Å². The van der Waals surface area contributed by atoms with Crippen molar-refractivity contribution in [2.75, 3.05) is 17.7 Å². The molecule has 1 heterocycles. The molecule has 1 N–H and O–H groups in total. The summed E-state index contributed by atoms with van der Waals surface area (Å²) in [6.07, 6.45) is 0. The molecule has 0 atom stereocenters. The van der Waals surface area contributed by atoms with E-state index in [4.69, 9.17) is 16.3 Å². The van der Waals surface area contributed by atoms with E-state index in [1.54, 1.807) is 42.5 Å². The number of para-hydroxylation sites is 2. The molecule has 0 saturated heterocycles. The molecule has 1 amide bonds. The fourth-order valence-corrected chi connectivity index (χ4v) is 4.06. The molecule has 0 bridgehead atoms. The Balaban J connectivity index is 1.49. The minimum Gasteiger partial charge on any atom is -0.492 e. The number of hydrogen-bond donors (Lipinski definition) is 1. The number of ketones is 1. The number of carbonyl (C=O) groups excluding carboxylic acids is 2. The Labute approximate surface area is 205 Å². The molecule has 0 fully saturated rings. The lowest BCUT2D eigenvalue weighted by molar-refractivity contribution is -0.113. The first-order valence-corrected chi connectivity index (χ1v) is 11.8. The van der Waals surface area contributed by atoms with Crippen LogP contribution in [0.3, 0.4) is 0 Å². The van der Waals surface area contributed by atoms with E-state index in [1.807, 2.05) is 37.3 Å². The highest BCUT2D eigenvalue weighted by Gasteiger charge is 2.18. The van der Waals surface area contributed by atoms with Gasteiger partial charge in [0, 0.05) is 16.1 Å². The molecule has 10 heteroatoms. The number of hydrogen-bond acceptors (Lipinski definition) is 7. The summed E-state index contributed by atoms with van der Waals surface area (Å²) in [6.45, 7) is 2.39. The Hall–Kier alpha value is -3.69. The zero-order valence-corrected chi connectivity index (χ0v) is 19.7. The van der Waals surface area contributed by atoms with Crippen LogP contribution >= 0.6 is 23.4 Å². The molecule has 4 rings (SSSR count). The lowest BCUT2D eigenvalue weighted by Gasteiger charge is -2.12. The van der Waals surface area contributed by atoms with Gasteiger partial charge in [-0.15, -0.1) is 5.10 Å². The summed E-state index contributed by atoms with van der Waals surface area (Å²) in [7, 11) is 0. The molecule has 0 saturated carbocycles. The first kappa shape index (κ1) is 23.5. The zero-order valence-electron chi connectivity index (χ0n) is 18.1. The lowest BCUT2D eigenvalue weighted by Crippen LogP contribution is -2.17. The number of nitrogens with one attached hydrogen (secondary N) is 1. The highest BCUT2D eigenvalue weighted by atomic mass is 35.5. The first-order valence-electron chi connectivity index (χ1n) is 10.4. The van der Waals surface area contributed by atoms with E-state index >= 15 is 0 Å². The van der Waals surface area contributed by atoms with Crippen molar-refractivity contribution in [1.29, 1.82) is 0 Å². The van der Waals surface area contributed by atoms with Crippen LogP contribution in [0.25, 0.3) is 5.69 Å². The highest BCUT2D eigenvalue weighted by Crippen LogP contribution is 2.27. The SMILES string of the molecule is CCOc1ccccc1-n1nnnc1SCC(=O)Nc1ccc(Cl)cc1C(=O)c1ccccc1. The van der Waals surface area contributed by atoms with Crippen LogP contribution in [0, 0.1) is 0 Å². The van der Waals surface area contributed by atoms with Gasteiger partial charge in [-0.25, -0.2) is 0 Å². The molecule has 8 nitrogen and oxygen atoms in total. The van der Waals surface area contributed by atoms with Crippen molar-refractivity contribution in [3.63, 3.8) is 0 Å². The molecule has 1 aromatic heterocycles. The minimum absolute atomic E-state index is 0.0266. The van der Waals surface area contributed by atoms with Gasteiger partial charge >= 0.3 is 0 Å². The van der Waals surface area contributed by atoms with Crippen molar-refractivity contribution >= 4 is 40.7 Å². The van der Waals surface area contributed by atoms with Crippen molar-refractivity contribution in [1.82, 2.24) is 20.2 Å². The van der Waals surface area contributed by atoms with E-state index in [-0.39, 0.29) is 17.4 Å². The molecular weight excluding hydrogens is 474 g/mol. The Kier molecular flexibility index (Phi) is 7.56. The monoisotopic (exact) mass is 493 g/mol. The van der Waals surface area contributed by atoms with E-state index < -0.39 is 0 Å². The predicted octanol–water partition coefficient (Wildman–Crippen LogP) is 4.68. The summed E-state index contributed by atoms with van der Waals surface area (Å²) in [5, 5.41) is 15.4. The normalized spacial score (nSPS) is 10.6. The van der Waals surface area contributed by atoms with Crippen molar-refractivity contribution < 1.29 is 14.3 Å². The van der Waals surface area contributed by atoms with Crippen LogP contribution in [0.5, 0.6) is 5.75 Å². The van der Waals surface area contributed by atoms with Gasteiger partial charge in [-0.05, 0) is 47.7 Å². The van der Waals surface area contributed by atoms with Gasteiger partial charge < -0.3 is 10.1 Å². The molecule has 0 aliphatic carbocycles. The second-order valence-electron chi connectivity index (χ2n) is 7.00. The Morgan fingerprint density at radius 1 is 1.06 bits per heavy atom. The Bertz CT molecular complexity index is 1310. The Morgan fingerprint density at radius 3 is 2.62 bits per heavy atom. The Morgan fingerprint density at radius 2 is 1.82 bits per heavy atom. The third kappa shape index (κ3) is 5.44. The van der Waals surface area contributed by atoms with Gasteiger partial charge in [0.2, 0.25) is 11.1 Å². The fraction of sp³-hybridized carbons (Fsp3) is 0.125. The number of carbonyl (C=O) groups is 2. The van der Waals surface area contributed by atoms with Crippen LogP contribution in [-0.4, -0.2) is 44.3 Å². The second-order valence-corrected chi connectivity index (χ2v) is 8.37. The van der Waals surface area contributed by atoms with Gasteiger partial charge in [0.25, 0.3) is 0 Å². The van der Waals surface area contributed by atoms with Crippen LogP contribution in [0.2, 0.25) is 5.02 Å². The first-order chi connectivity index (χ1) is 16.6. The topological polar surface area (TPSA) is 99.0 Å². The number of rotatable bonds is 9. The van der Waals surface area contributed by atoms with Crippen LogP contribution in [0.15, 0.2) is 78.0 Å². The standard InChI is InChI=1S/C24H20ClN5O3S/c1-2-33-21-11-7-6-10-20(21)30-24(27-28-29-30)34-15-22(31)26-19-13-12-17(25)14-18(19)23(32)16-8-4-3-5-9-16/h3-14H,2,15H2,1H3,(H,26,31). The van der Waals surface area contributed by atoms with Gasteiger partial charge in [0.05, 0.1) is 18.0 Å². The third-order valence-electron chi connectivity index (χ3n) is 4.70. The molecule has 172 valence electrons. The van der Waals surface area contributed by atoms with Crippen molar-refractivity contribution in [3.8, 4) is 11.4 Å². The molecule has 0 radical (unpaired) electrons. The highest BCUT2D eigenvalue weighted by molar-refractivity contribution is 7.99. The number of tetrazole rings is 1. The third-order valence-corrected chi connectivity index (χ3v) is 5.86. The number of ether oxygens (including phenoxy) is 1. The maximum atomic E-state index is 13.0. The fourth-order valence-electron chi connectivity index (χ4n) is 3.20. The number of anilines is 1. The van der Waals surface area contributed by atoms with Gasteiger partial charge in [-0.1, -0.05) is 65.8 Å². The predicted molar refractivity (Wildman–Crippen MR) is 131 cm³/mol. The van der Waals surface area contributed by atoms with Crippen LogP contribution in [0.4, 0.5) is 5.69 Å². The molecule has 0 aliphatic rings. The summed E-state index contributed by atoms with van der Waals surface area (Å²) in [4.78, 5) is 25.7. The maximum absolute atomic E-state index is 13.0. The molecular formula is C24H20ClN5O3S. The van der Waals surface area contributed by atoms with Gasteiger partial charge in [-0.2, -0.15) is 4.68 Å². The smallest absolute Gasteiger partial charge is 0.234 e. The maximum Gasteiger partial charge on any atom is 0.234 e. The number of thioether (sulfide) groups is 1. The van der Waals surface area contributed by atoms with E-state index in [2.05, 4.69) is 20.8 Å². The zero-order chi connectivity index (χ0) is 23.9. The molecule has 3 aromatic carbocycles. The molecule has 0 spiro atoms. The van der Waals surface area contributed by atoms with E-state index in [1.165, 1.54) is 4.68 Å². The summed E-state index contributed by atoms with van der Waals surface area (Å²) in [5.74, 6) is 0.108. The summed E-state index contributed by atoms with van der Waals surface area (Å²) in [5.41, 5.74) is 1.87. The molecule has 4 aromatic rings. The van der Waals surface area contributed by atoms with Gasteiger partial charge in [-0.3, -0.25) is 9.59 Å². The number of nitrogens with zero attached hydrogens (tertiary/aromatic N) is 4. The largest absolute Gasteiger partial charge is 0.492 e. The molecule has 0 unspecified atom stereocenters. The van der Waals surface area contributed by atoms with Crippen molar-refractivity contribution in [2.45, 2.75) is 12.1 Å². The molecule has 34 heavy (non-hydrogen) atoms. The van der Waals surface area contributed by atoms with Crippen molar-refractivity contribution in [3.05, 3.63) is 88.9 Å². The lowest BCUT2D eigenvalue weighted by atomic mass is 10.0. The van der Waals surface area contributed by atoms with E-state index in [0.717, 1.165) is 11.8 Å². The number of aromatic nitrogens is 4.